The number of rotatable bonds is 8. The summed E-state index contributed by atoms with van der Waals surface area (Å²) in [5.74, 6) is 0.606. The Kier molecular flexibility index (Phi) is 7.28. The summed E-state index contributed by atoms with van der Waals surface area (Å²) in [5.41, 5.74) is 0.595. The molecule has 1 heterocycles. The van der Waals surface area contributed by atoms with Gasteiger partial charge in [-0.05, 0) is 72.8 Å². The fourth-order valence-corrected chi connectivity index (χ4v) is 6.39. The molecule has 0 spiro atoms. The third-order valence-electron chi connectivity index (χ3n) is 5.97. The standard InChI is InChI=1S/C28H24N4O6S2/c1-37-23-17-13-21(14-18-23)27-29-32(40(35,36)26-11-7-4-8-12-26)28(22-15-19-24(38-2)20-16-22)30-31(27)39(33,34)25-9-5-3-6-10-25/h3-20H,1-2H3. The summed E-state index contributed by atoms with van der Waals surface area (Å²) in [7, 11) is -5.65. The van der Waals surface area contributed by atoms with Crippen molar-refractivity contribution in [1.82, 2.24) is 8.83 Å². The monoisotopic (exact) mass is 576 g/mol. The third-order valence-corrected chi connectivity index (χ3v) is 9.12. The van der Waals surface area contributed by atoms with E-state index in [9.17, 15) is 16.8 Å². The fraction of sp³-hybridized carbons (Fsp3) is 0.0714. The Morgan fingerprint density at radius 2 is 0.825 bits per heavy atom. The maximum atomic E-state index is 13.9. The predicted octanol–water partition coefficient (Wildman–Crippen LogP) is 4.12. The lowest BCUT2D eigenvalue weighted by Crippen LogP contribution is -2.45. The van der Waals surface area contributed by atoms with E-state index in [-0.39, 0.29) is 21.5 Å². The summed E-state index contributed by atoms with van der Waals surface area (Å²) in [6.07, 6.45) is 0. The van der Waals surface area contributed by atoms with E-state index < -0.39 is 20.0 Å². The first-order valence-electron chi connectivity index (χ1n) is 11.9. The van der Waals surface area contributed by atoms with Crippen LogP contribution in [0.25, 0.3) is 0 Å². The van der Waals surface area contributed by atoms with Gasteiger partial charge in [-0.15, -0.1) is 19.0 Å². The van der Waals surface area contributed by atoms with Gasteiger partial charge in [0.1, 0.15) is 11.5 Å². The molecule has 1 aliphatic heterocycles. The van der Waals surface area contributed by atoms with Crippen molar-refractivity contribution < 1.29 is 26.3 Å². The second-order valence-electron chi connectivity index (χ2n) is 8.43. The molecule has 204 valence electrons. The van der Waals surface area contributed by atoms with Crippen LogP contribution in [-0.4, -0.2) is 51.6 Å². The van der Waals surface area contributed by atoms with E-state index in [0.29, 0.717) is 22.6 Å². The number of amidine groups is 2. The van der Waals surface area contributed by atoms with Gasteiger partial charge in [0.05, 0.1) is 24.0 Å². The number of methoxy groups -OCH3 is 2. The maximum Gasteiger partial charge on any atom is 0.285 e. The minimum absolute atomic E-state index is 0.0478. The summed E-state index contributed by atoms with van der Waals surface area (Å²) in [6, 6.07) is 28.2. The molecular weight excluding hydrogens is 552 g/mol. The largest absolute Gasteiger partial charge is 0.497 e. The number of nitrogens with zero attached hydrogens (tertiary/aromatic N) is 4. The average molecular weight is 577 g/mol. The Bertz CT molecular complexity index is 1640. The first-order chi connectivity index (χ1) is 19.3. The molecule has 0 atom stereocenters. The van der Waals surface area contributed by atoms with Crippen LogP contribution in [0, 0.1) is 0 Å². The molecule has 0 N–H and O–H groups in total. The van der Waals surface area contributed by atoms with Gasteiger partial charge in [0, 0.05) is 11.1 Å². The minimum Gasteiger partial charge on any atom is -0.497 e. The molecule has 4 aromatic carbocycles. The second kappa shape index (κ2) is 10.8. The van der Waals surface area contributed by atoms with Gasteiger partial charge in [0.15, 0.2) is 11.7 Å². The molecule has 10 nitrogen and oxygen atoms in total. The van der Waals surface area contributed by atoms with E-state index in [1.807, 2.05) is 0 Å². The van der Waals surface area contributed by atoms with E-state index in [0.717, 1.165) is 8.83 Å². The average Bonchev–Trinajstić information content (AvgIpc) is 3.01. The van der Waals surface area contributed by atoms with Crippen LogP contribution in [0.15, 0.2) is 129 Å². The van der Waals surface area contributed by atoms with Crippen molar-refractivity contribution in [2.45, 2.75) is 9.79 Å². The highest BCUT2D eigenvalue weighted by atomic mass is 32.2. The van der Waals surface area contributed by atoms with Crippen molar-refractivity contribution >= 4 is 31.7 Å². The molecule has 0 fully saturated rings. The molecule has 1 aliphatic rings. The normalized spacial score (nSPS) is 13.8. The Balaban J connectivity index is 1.77. The van der Waals surface area contributed by atoms with Crippen LogP contribution in [0.3, 0.4) is 0 Å². The molecule has 0 aromatic heterocycles. The minimum atomic E-state index is -4.32. The van der Waals surface area contributed by atoms with Crippen molar-refractivity contribution in [1.29, 1.82) is 0 Å². The molecule has 4 aromatic rings. The van der Waals surface area contributed by atoms with Gasteiger partial charge in [-0.2, -0.15) is 16.8 Å². The number of hydrogen-bond donors (Lipinski definition) is 0. The number of hydrogen-bond acceptors (Lipinski definition) is 8. The molecule has 0 radical (unpaired) electrons. The van der Waals surface area contributed by atoms with Gasteiger partial charge in [0.25, 0.3) is 20.0 Å². The quantitative estimate of drug-likeness (QED) is 0.311. The van der Waals surface area contributed by atoms with Gasteiger partial charge < -0.3 is 9.47 Å². The summed E-state index contributed by atoms with van der Waals surface area (Å²) >= 11 is 0. The van der Waals surface area contributed by atoms with E-state index in [1.165, 1.54) is 38.5 Å². The zero-order valence-electron chi connectivity index (χ0n) is 21.4. The molecule has 0 amide bonds. The van der Waals surface area contributed by atoms with Gasteiger partial charge in [-0.1, -0.05) is 36.4 Å². The lowest BCUT2D eigenvalue weighted by Gasteiger charge is -2.31. The molecule has 0 bridgehead atoms. The molecule has 0 saturated heterocycles. The highest BCUT2D eigenvalue weighted by Gasteiger charge is 2.39. The van der Waals surface area contributed by atoms with Gasteiger partial charge >= 0.3 is 0 Å². The lowest BCUT2D eigenvalue weighted by molar-refractivity contribution is 0.414. The molecule has 0 unspecified atom stereocenters. The third kappa shape index (κ3) is 5.01. The van der Waals surface area contributed by atoms with Crippen molar-refractivity contribution in [3.05, 3.63) is 120 Å². The van der Waals surface area contributed by atoms with Crippen LogP contribution in [0.2, 0.25) is 0 Å². The van der Waals surface area contributed by atoms with Crippen LogP contribution >= 0.6 is 0 Å². The Hall–Kier alpha value is -4.68. The second-order valence-corrected chi connectivity index (χ2v) is 12.0. The van der Waals surface area contributed by atoms with Crippen LogP contribution < -0.4 is 9.47 Å². The van der Waals surface area contributed by atoms with Crippen LogP contribution in [-0.2, 0) is 20.0 Å². The van der Waals surface area contributed by atoms with E-state index >= 15 is 0 Å². The van der Waals surface area contributed by atoms with Gasteiger partial charge in [0.2, 0.25) is 0 Å². The molecule has 5 rings (SSSR count). The summed E-state index contributed by atoms with van der Waals surface area (Å²) in [5, 5.41) is 8.87. The van der Waals surface area contributed by atoms with Gasteiger partial charge in [-0.25, -0.2) is 0 Å². The number of benzene rings is 4. The highest BCUT2D eigenvalue weighted by Crippen LogP contribution is 2.29. The van der Waals surface area contributed by atoms with E-state index in [2.05, 4.69) is 10.2 Å². The highest BCUT2D eigenvalue weighted by molar-refractivity contribution is 7.90. The van der Waals surface area contributed by atoms with Crippen molar-refractivity contribution in [3.8, 4) is 11.5 Å². The molecule has 12 heteroatoms. The Morgan fingerprint density at radius 3 is 1.12 bits per heavy atom. The Labute approximate surface area is 232 Å². The van der Waals surface area contributed by atoms with Crippen molar-refractivity contribution in [3.63, 3.8) is 0 Å². The molecule has 40 heavy (non-hydrogen) atoms. The Morgan fingerprint density at radius 1 is 0.500 bits per heavy atom. The molecule has 0 saturated carbocycles. The van der Waals surface area contributed by atoms with Crippen LogP contribution in [0.4, 0.5) is 0 Å². The zero-order chi connectivity index (χ0) is 28.3. The fourth-order valence-electron chi connectivity index (χ4n) is 3.88. The summed E-state index contributed by atoms with van der Waals surface area (Å²) in [6.45, 7) is 0. The molecule has 0 aliphatic carbocycles. The zero-order valence-corrected chi connectivity index (χ0v) is 23.1. The SMILES string of the molecule is COc1ccc(C2=NN(S(=O)(=O)c3ccccc3)C(c3ccc(OC)cc3)=NN2S(=O)(=O)c2ccccc2)cc1. The van der Waals surface area contributed by atoms with Crippen molar-refractivity contribution in [2.75, 3.05) is 14.2 Å². The first kappa shape index (κ1) is 26.9. The van der Waals surface area contributed by atoms with E-state index in [4.69, 9.17) is 9.47 Å². The van der Waals surface area contributed by atoms with Crippen molar-refractivity contribution in [2.24, 2.45) is 10.2 Å². The summed E-state index contributed by atoms with van der Waals surface area (Å²) < 4.78 is 67.7. The summed E-state index contributed by atoms with van der Waals surface area (Å²) in [4.78, 5) is -0.0955. The predicted molar refractivity (Wildman–Crippen MR) is 150 cm³/mol. The first-order valence-corrected chi connectivity index (χ1v) is 14.8. The number of sulfonamides is 2. The number of hydrazone groups is 2. The maximum absolute atomic E-state index is 13.9. The van der Waals surface area contributed by atoms with Crippen LogP contribution in [0.1, 0.15) is 11.1 Å². The lowest BCUT2D eigenvalue weighted by atomic mass is 10.2. The number of ether oxygens (including phenoxy) is 2. The van der Waals surface area contributed by atoms with Gasteiger partial charge in [-0.3, -0.25) is 0 Å². The topological polar surface area (TPSA) is 118 Å². The van der Waals surface area contributed by atoms with Crippen LogP contribution in [0.5, 0.6) is 11.5 Å². The van der Waals surface area contributed by atoms with E-state index in [1.54, 1.807) is 84.9 Å². The smallest absolute Gasteiger partial charge is 0.285 e. The molecular formula is C28H24N4O6S2.